The summed E-state index contributed by atoms with van der Waals surface area (Å²) in [6.07, 6.45) is 3.87. The first-order chi connectivity index (χ1) is 15.8. The number of piperidine rings is 1. The number of hydrogen-bond donors (Lipinski definition) is 0. The number of nitrogens with zero attached hydrogens (tertiary/aromatic N) is 5. The zero-order valence-corrected chi connectivity index (χ0v) is 19.4. The highest BCUT2D eigenvalue weighted by Gasteiger charge is 2.28. The first kappa shape index (κ1) is 22.9. The van der Waals surface area contributed by atoms with Gasteiger partial charge in [0.2, 0.25) is 5.91 Å². The van der Waals surface area contributed by atoms with Crippen LogP contribution in [0.4, 0.5) is 4.39 Å². The Morgan fingerprint density at radius 3 is 2.48 bits per heavy atom. The highest BCUT2D eigenvalue weighted by atomic mass is 19.1. The topological polar surface area (TPSA) is 82.1 Å². The first-order valence-electron chi connectivity index (χ1n) is 11.6. The molecule has 2 aromatic heterocycles. The molecule has 1 aliphatic heterocycles. The molecular formula is C24H30FN5O3. The lowest BCUT2D eigenvalue weighted by atomic mass is 10.00. The van der Waals surface area contributed by atoms with Gasteiger partial charge in [-0.2, -0.15) is 5.10 Å². The third kappa shape index (κ3) is 4.24. The molecule has 176 valence electrons. The van der Waals surface area contributed by atoms with Crippen LogP contribution in [0.2, 0.25) is 0 Å². The lowest BCUT2D eigenvalue weighted by Gasteiger charge is -2.35. The third-order valence-electron chi connectivity index (χ3n) is 6.54. The van der Waals surface area contributed by atoms with Gasteiger partial charge in [0.05, 0.1) is 12.2 Å². The van der Waals surface area contributed by atoms with Crippen molar-refractivity contribution in [3.05, 3.63) is 62.2 Å². The molecule has 8 nitrogen and oxygen atoms in total. The molecule has 3 heterocycles. The van der Waals surface area contributed by atoms with E-state index in [2.05, 4.69) is 12.0 Å². The fourth-order valence-corrected chi connectivity index (χ4v) is 4.83. The summed E-state index contributed by atoms with van der Waals surface area (Å²) in [7, 11) is 0. The van der Waals surface area contributed by atoms with Crippen molar-refractivity contribution >= 4 is 16.9 Å². The highest BCUT2D eigenvalue weighted by Crippen LogP contribution is 2.21. The number of hydrogen-bond acceptors (Lipinski definition) is 4. The molecular weight excluding hydrogens is 425 g/mol. The van der Waals surface area contributed by atoms with Crippen molar-refractivity contribution in [2.75, 3.05) is 6.54 Å². The molecule has 1 saturated heterocycles. The van der Waals surface area contributed by atoms with Crippen LogP contribution < -0.4 is 11.2 Å². The van der Waals surface area contributed by atoms with Crippen molar-refractivity contribution in [2.45, 2.75) is 72.1 Å². The number of fused-ring (bicyclic) bond motifs is 1. The van der Waals surface area contributed by atoms with Gasteiger partial charge in [0, 0.05) is 19.1 Å². The summed E-state index contributed by atoms with van der Waals surface area (Å²) in [5.41, 5.74) is 0.835. The molecule has 4 rings (SSSR count). The molecule has 1 amide bonds. The monoisotopic (exact) mass is 455 g/mol. The van der Waals surface area contributed by atoms with Gasteiger partial charge >= 0.3 is 5.69 Å². The maximum atomic E-state index is 13.5. The molecule has 1 unspecified atom stereocenters. The summed E-state index contributed by atoms with van der Waals surface area (Å²) in [5, 5.41) is 4.45. The van der Waals surface area contributed by atoms with Crippen molar-refractivity contribution < 1.29 is 9.18 Å². The highest BCUT2D eigenvalue weighted by molar-refractivity contribution is 5.81. The predicted molar refractivity (Wildman–Crippen MR) is 124 cm³/mol. The lowest BCUT2D eigenvalue weighted by molar-refractivity contribution is -0.135. The smallest absolute Gasteiger partial charge is 0.332 e. The second kappa shape index (κ2) is 9.33. The molecule has 1 aliphatic rings. The number of rotatable bonds is 6. The molecule has 9 heteroatoms. The standard InChI is InChI=1S/C24H30FN5O3/c1-4-19-8-6-7-13-27(19)20(31)15-28-21-16(3)26-30(5-2)22(21)23(32)29(24(28)33)14-17-9-11-18(25)12-10-17/h9-12,19H,4-8,13-15H2,1-3H3. The van der Waals surface area contributed by atoms with Gasteiger partial charge < -0.3 is 4.90 Å². The molecule has 0 aliphatic carbocycles. The number of aryl methyl sites for hydroxylation is 2. The van der Waals surface area contributed by atoms with E-state index < -0.39 is 17.1 Å². The molecule has 3 aromatic rings. The minimum absolute atomic E-state index is 0.0165. The fraction of sp³-hybridized carbons (Fsp3) is 0.500. The summed E-state index contributed by atoms with van der Waals surface area (Å²) in [6, 6.07) is 5.85. The summed E-state index contributed by atoms with van der Waals surface area (Å²) >= 11 is 0. The normalized spacial score (nSPS) is 16.5. The van der Waals surface area contributed by atoms with Crippen LogP contribution in [0.1, 0.15) is 50.8 Å². The van der Waals surface area contributed by atoms with Crippen LogP contribution in [-0.2, 0) is 24.4 Å². The maximum Gasteiger partial charge on any atom is 0.332 e. The quantitative estimate of drug-likeness (QED) is 0.572. The van der Waals surface area contributed by atoms with E-state index in [1.165, 1.54) is 16.7 Å². The largest absolute Gasteiger partial charge is 0.338 e. The average Bonchev–Trinajstić information content (AvgIpc) is 3.16. The van der Waals surface area contributed by atoms with Gasteiger partial charge in [0.1, 0.15) is 17.9 Å². The zero-order valence-electron chi connectivity index (χ0n) is 19.4. The van der Waals surface area contributed by atoms with E-state index in [4.69, 9.17) is 0 Å². The van der Waals surface area contributed by atoms with Crippen molar-refractivity contribution in [3.63, 3.8) is 0 Å². The third-order valence-corrected chi connectivity index (χ3v) is 6.54. The Hall–Kier alpha value is -3.23. The van der Waals surface area contributed by atoms with E-state index >= 15 is 0 Å². The summed E-state index contributed by atoms with van der Waals surface area (Å²) in [6.45, 7) is 6.65. The van der Waals surface area contributed by atoms with Crippen LogP contribution in [-0.4, -0.2) is 42.3 Å². The number of halogens is 1. The minimum atomic E-state index is -0.561. The SMILES string of the molecule is CCC1CCCCN1C(=O)Cn1c(=O)n(Cc2ccc(F)cc2)c(=O)c2c1c(C)nn2CC. The molecule has 0 bridgehead atoms. The lowest BCUT2D eigenvalue weighted by Crippen LogP contribution is -2.48. The Bertz CT molecular complexity index is 1290. The van der Waals surface area contributed by atoms with Gasteiger partial charge in [-0.1, -0.05) is 19.1 Å². The minimum Gasteiger partial charge on any atom is -0.338 e. The number of likely N-dealkylation sites (tertiary alicyclic amines) is 1. The Morgan fingerprint density at radius 1 is 1.09 bits per heavy atom. The van der Waals surface area contributed by atoms with Gasteiger partial charge in [-0.3, -0.25) is 23.4 Å². The van der Waals surface area contributed by atoms with Gasteiger partial charge in [-0.05, 0) is 57.2 Å². The van der Waals surface area contributed by atoms with Gasteiger partial charge in [0.15, 0.2) is 5.52 Å². The van der Waals surface area contributed by atoms with Crippen LogP contribution >= 0.6 is 0 Å². The summed E-state index contributed by atoms with van der Waals surface area (Å²) in [4.78, 5) is 42.1. The van der Waals surface area contributed by atoms with Crippen LogP contribution in [0.15, 0.2) is 33.9 Å². The Morgan fingerprint density at radius 2 is 1.82 bits per heavy atom. The van der Waals surface area contributed by atoms with Gasteiger partial charge in [0.25, 0.3) is 5.56 Å². The number of benzene rings is 1. The Balaban J connectivity index is 1.84. The molecule has 33 heavy (non-hydrogen) atoms. The molecule has 0 N–H and O–H groups in total. The first-order valence-corrected chi connectivity index (χ1v) is 11.6. The molecule has 1 fully saturated rings. The Kier molecular flexibility index (Phi) is 6.49. The number of carbonyl (C=O) groups excluding carboxylic acids is 1. The van der Waals surface area contributed by atoms with E-state index in [0.717, 1.165) is 30.3 Å². The second-order valence-corrected chi connectivity index (χ2v) is 8.63. The molecule has 1 atom stereocenters. The van der Waals surface area contributed by atoms with Crippen LogP contribution in [0.3, 0.4) is 0 Å². The van der Waals surface area contributed by atoms with Crippen molar-refractivity contribution in [2.24, 2.45) is 0 Å². The zero-order chi connectivity index (χ0) is 23.7. The van der Waals surface area contributed by atoms with Crippen LogP contribution in [0.5, 0.6) is 0 Å². The maximum absolute atomic E-state index is 13.5. The van der Waals surface area contributed by atoms with Gasteiger partial charge in [-0.15, -0.1) is 0 Å². The molecule has 0 radical (unpaired) electrons. The average molecular weight is 456 g/mol. The summed E-state index contributed by atoms with van der Waals surface area (Å²) < 4.78 is 17.4. The van der Waals surface area contributed by atoms with Gasteiger partial charge in [-0.25, -0.2) is 9.18 Å². The Labute approximate surface area is 191 Å². The summed E-state index contributed by atoms with van der Waals surface area (Å²) in [5.74, 6) is -0.517. The van der Waals surface area contributed by atoms with E-state index in [-0.39, 0.29) is 25.0 Å². The number of carbonyl (C=O) groups is 1. The van der Waals surface area contributed by atoms with Crippen molar-refractivity contribution in [3.8, 4) is 0 Å². The van der Waals surface area contributed by atoms with Crippen LogP contribution in [0, 0.1) is 12.7 Å². The fourth-order valence-electron chi connectivity index (χ4n) is 4.83. The number of aromatic nitrogens is 4. The van der Waals surface area contributed by atoms with E-state index in [0.29, 0.717) is 35.4 Å². The molecule has 1 aromatic carbocycles. The predicted octanol–water partition coefficient (Wildman–Crippen LogP) is 2.67. The van der Waals surface area contributed by atoms with Crippen molar-refractivity contribution in [1.29, 1.82) is 0 Å². The van der Waals surface area contributed by atoms with E-state index in [1.54, 1.807) is 23.7 Å². The number of amides is 1. The molecule has 0 spiro atoms. The van der Waals surface area contributed by atoms with Crippen molar-refractivity contribution in [1.82, 2.24) is 23.8 Å². The van der Waals surface area contributed by atoms with E-state index in [9.17, 15) is 18.8 Å². The van der Waals surface area contributed by atoms with Crippen LogP contribution in [0.25, 0.3) is 11.0 Å². The molecule has 0 saturated carbocycles. The second-order valence-electron chi connectivity index (χ2n) is 8.63. The van der Waals surface area contributed by atoms with E-state index in [1.807, 2.05) is 11.8 Å².